The monoisotopic (exact) mass is 350 g/mol. The lowest BCUT2D eigenvalue weighted by molar-refractivity contribution is -0.126. The summed E-state index contributed by atoms with van der Waals surface area (Å²) in [5.41, 5.74) is 8.83. The first-order chi connectivity index (χ1) is 12.5. The molecule has 0 bridgehead atoms. The van der Waals surface area contributed by atoms with Crippen molar-refractivity contribution in [2.24, 2.45) is 10.2 Å². The highest BCUT2D eigenvalue weighted by molar-refractivity contribution is 5.86. The molecule has 0 saturated heterocycles. The van der Waals surface area contributed by atoms with Gasteiger partial charge in [0.25, 0.3) is 0 Å². The molecule has 0 unspecified atom stereocenters. The maximum Gasteiger partial charge on any atom is 0.240 e. The summed E-state index contributed by atoms with van der Waals surface area (Å²) in [6.45, 7) is 3.96. The van der Waals surface area contributed by atoms with E-state index in [9.17, 15) is 9.59 Å². The molecule has 0 atom stereocenters. The standard InChI is InChI=1S/C20H22N4O2/c1-15-5-3-7-17(11-15)13-21-23-19(25)9-10-20(26)24-22-14-18-8-4-6-16(2)12-18/h3-8,11-14H,9-10H2,1-2H3,(H,23,25)(H,24,26). The Balaban J connectivity index is 1.69. The van der Waals surface area contributed by atoms with E-state index in [1.807, 2.05) is 62.4 Å². The number of amides is 2. The molecule has 0 fully saturated rings. The van der Waals surface area contributed by atoms with Crippen LogP contribution in [-0.2, 0) is 9.59 Å². The lowest BCUT2D eigenvalue weighted by Gasteiger charge is -2.00. The van der Waals surface area contributed by atoms with E-state index in [-0.39, 0.29) is 24.7 Å². The summed E-state index contributed by atoms with van der Waals surface area (Å²) in [5.74, 6) is -0.654. The summed E-state index contributed by atoms with van der Waals surface area (Å²) in [4.78, 5) is 23.4. The molecule has 0 radical (unpaired) electrons. The number of rotatable bonds is 7. The second-order valence-corrected chi connectivity index (χ2v) is 5.91. The lowest BCUT2D eigenvalue weighted by Crippen LogP contribution is -2.22. The predicted molar refractivity (Wildman–Crippen MR) is 103 cm³/mol. The van der Waals surface area contributed by atoms with Gasteiger partial charge in [0.2, 0.25) is 11.8 Å². The van der Waals surface area contributed by atoms with Crippen molar-refractivity contribution < 1.29 is 9.59 Å². The number of hydrogen-bond acceptors (Lipinski definition) is 4. The molecule has 134 valence electrons. The van der Waals surface area contributed by atoms with E-state index < -0.39 is 0 Å². The third-order valence-electron chi connectivity index (χ3n) is 3.47. The zero-order chi connectivity index (χ0) is 18.8. The molecule has 6 heteroatoms. The van der Waals surface area contributed by atoms with Crippen molar-refractivity contribution in [2.45, 2.75) is 26.7 Å². The van der Waals surface area contributed by atoms with E-state index in [0.29, 0.717) is 0 Å². The molecule has 0 spiro atoms. The molecule has 0 aliphatic heterocycles. The Kier molecular flexibility index (Phi) is 7.24. The number of benzene rings is 2. The second-order valence-electron chi connectivity index (χ2n) is 5.91. The minimum absolute atomic E-state index is 0.0386. The van der Waals surface area contributed by atoms with Crippen LogP contribution in [0.3, 0.4) is 0 Å². The maximum absolute atomic E-state index is 11.7. The zero-order valence-electron chi connectivity index (χ0n) is 14.9. The van der Waals surface area contributed by atoms with Crippen LogP contribution in [0.5, 0.6) is 0 Å². The molecule has 0 saturated carbocycles. The fourth-order valence-electron chi connectivity index (χ4n) is 2.20. The normalized spacial score (nSPS) is 11.0. The lowest BCUT2D eigenvalue weighted by atomic mass is 10.2. The number of nitrogens with one attached hydrogen (secondary N) is 2. The van der Waals surface area contributed by atoms with Gasteiger partial charge in [-0.1, -0.05) is 59.7 Å². The fourth-order valence-corrected chi connectivity index (χ4v) is 2.20. The average molecular weight is 350 g/mol. The number of carbonyl (C=O) groups is 2. The van der Waals surface area contributed by atoms with Crippen molar-refractivity contribution in [2.75, 3.05) is 0 Å². The topological polar surface area (TPSA) is 82.9 Å². The SMILES string of the molecule is Cc1cccc(C=NNC(=O)CCC(=O)NN=Cc2cccc(C)c2)c1. The van der Waals surface area contributed by atoms with Crippen LogP contribution in [-0.4, -0.2) is 24.2 Å². The van der Waals surface area contributed by atoms with Crippen molar-refractivity contribution in [3.63, 3.8) is 0 Å². The van der Waals surface area contributed by atoms with Crippen LogP contribution in [0.1, 0.15) is 35.1 Å². The highest BCUT2D eigenvalue weighted by Gasteiger charge is 2.05. The smallest absolute Gasteiger partial charge is 0.240 e. The highest BCUT2D eigenvalue weighted by atomic mass is 16.2. The van der Waals surface area contributed by atoms with E-state index in [4.69, 9.17) is 0 Å². The van der Waals surface area contributed by atoms with Gasteiger partial charge in [-0.3, -0.25) is 9.59 Å². The predicted octanol–water partition coefficient (Wildman–Crippen LogP) is 2.68. The van der Waals surface area contributed by atoms with Crippen LogP contribution >= 0.6 is 0 Å². The van der Waals surface area contributed by atoms with E-state index >= 15 is 0 Å². The molecule has 26 heavy (non-hydrogen) atoms. The largest absolute Gasteiger partial charge is 0.273 e. The van der Waals surface area contributed by atoms with Crippen LogP contribution in [0.25, 0.3) is 0 Å². The minimum atomic E-state index is -0.327. The Morgan fingerprint density at radius 3 is 1.62 bits per heavy atom. The molecule has 2 aromatic carbocycles. The van der Waals surface area contributed by atoms with Gasteiger partial charge in [0.1, 0.15) is 0 Å². The van der Waals surface area contributed by atoms with Crippen molar-refractivity contribution >= 4 is 24.2 Å². The van der Waals surface area contributed by atoms with Crippen molar-refractivity contribution in [3.8, 4) is 0 Å². The molecule has 0 aromatic heterocycles. The zero-order valence-corrected chi connectivity index (χ0v) is 14.9. The van der Waals surface area contributed by atoms with Gasteiger partial charge in [-0.05, 0) is 25.0 Å². The Morgan fingerprint density at radius 1 is 0.808 bits per heavy atom. The second kappa shape index (κ2) is 9.88. The Labute approximate surface area is 153 Å². The molecular weight excluding hydrogens is 328 g/mol. The average Bonchev–Trinajstić information content (AvgIpc) is 2.60. The van der Waals surface area contributed by atoms with Gasteiger partial charge in [0.05, 0.1) is 12.4 Å². The van der Waals surface area contributed by atoms with Gasteiger partial charge < -0.3 is 0 Å². The molecule has 2 rings (SSSR count). The van der Waals surface area contributed by atoms with Crippen molar-refractivity contribution in [1.29, 1.82) is 0 Å². The quantitative estimate of drug-likeness (QED) is 0.594. The van der Waals surface area contributed by atoms with E-state index in [0.717, 1.165) is 22.3 Å². The molecule has 0 aliphatic carbocycles. The number of carbonyl (C=O) groups excluding carboxylic acids is 2. The highest BCUT2D eigenvalue weighted by Crippen LogP contribution is 2.01. The molecule has 6 nitrogen and oxygen atoms in total. The molecule has 2 amide bonds. The molecule has 2 N–H and O–H groups in total. The van der Waals surface area contributed by atoms with E-state index in [1.165, 1.54) is 0 Å². The van der Waals surface area contributed by atoms with Crippen molar-refractivity contribution in [1.82, 2.24) is 10.9 Å². The van der Waals surface area contributed by atoms with Gasteiger partial charge in [-0.25, -0.2) is 10.9 Å². The maximum atomic E-state index is 11.7. The van der Waals surface area contributed by atoms with Crippen LogP contribution in [0, 0.1) is 13.8 Å². The number of aryl methyl sites for hydroxylation is 2. The first kappa shape index (κ1) is 19.1. The Hall–Kier alpha value is -3.28. The number of nitrogens with zero attached hydrogens (tertiary/aromatic N) is 2. The summed E-state index contributed by atoms with van der Waals surface area (Å²) >= 11 is 0. The van der Waals surface area contributed by atoms with Gasteiger partial charge in [-0.15, -0.1) is 0 Å². The fraction of sp³-hybridized carbons (Fsp3) is 0.200. The van der Waals surface area contributed by atoms with E-state index in [1.54, 1.807) is 12.4 Å². The number of hydrazone groups is 2. The van der Waals surface area contributed by atoms with Crippen LogP contribution < -0.4 is 10.9 Å². The minimum Gasteiger partial charge on any atom is -0.273 e. The summed E-state index contributed by atoms with van der Waals surface area (Å²) < 4.78 is 0. The Bertz CT molecular complexity index is 759. The molecule has 0 heterocycles. The molecular formula is C20H22N4O2. The van der Waals surface area contributed by atoms with Gasteiger partial charge in [0.15, 0.2) is 0 Å². The van der Waals surface area contributed by atoms with Gasteiger partial charge in [-0.2, -0.15) is 10.2 Å². The van der Waals surface area contributed by atoms with Crippen LogP contribution in [0.2, 0.25) is 0 Å². The third-order valence-corrected chi connectivity index (χ3v) is 3.47. The Morgan fingerprint density at radius 2 is 1.23 bits per heavy atom. The summed E-state index contributed by atoms with van der Waals surface area (Å²) in [5, 5.41) is 7.77. The molecule has 0 aliphatic rings. The first-order valence-corrected chi connectivity index (χ1v) is 8.30. The third kappa shape index (κ3) is 7.09. The first-order valence-electron chi connectivity index (χ1n) is 8.30. The van der Waals surface area contributed by atoms with Crippen molar-refractivity contribution in [3.05, 3.63) is 70.8 Å². The summed E-state index contributed by atoms with van der Waals surface area (Å²) in [7, 11) is 0. The summed E-state index contributed by atoms with van der Waals surface area (Å²) in [6.07, 6.45) is 3.21. The van der Waals surface area contributed by atoms with Gasteiger partial charge in [0, 0.05) is 12.8 Å². The van der Waals surface area contributed by atoms with Crippen LogP contribution in [0.4, 0.5) is 0 Å². The number of hydrogen-bond donors (Lipinski definition) is 2. The van der Waals surface area contributed by atoms with E-state index in [2.05, 4.69) is 21.1 Å². The van der Waals surface area contributed by atoms with Crippen LogP contribution in [0.15, 0.2) is 58.7 Å². The summed E-state index contributed by atoms with van der Waals surface area (Å²) in [6, 6.07) is 15.5. The molecule has 2 aromatic rings. The van der Waals surface area contributed by atoms with Gasteiger partial charge >= 0.3 is 0 Å².